The minimum absolute atomic E-state index is 0.0771. The molecule has 0 aliphatic carbocycles. The molecule has 3 heterocycles. The summed E-state index contributed by atoms with van der Waals surface area (Å²) in [5.41, 5.74) is 1.56. The van der Waals surface area contributed by atoms with Crippen molar-refractivity contribution >= 4 is 33.4 Å². The molecule has 1 fully saturated rings. The quantitative estimate of drug-likeness (QED) is 0.679. The highest BCUT2D eigenvalue weighted by atomic mass is 79.9. The first-order valence-electron chi connectivity index (χ1n) is 7.82. The molecule has 0 radical (unpaired) electrons. The second-order valence-corrected chi connectivity index (χ2v) is 6.63. The summed E-state index contributed by atoms with van der Waals surface area (Å²) < 4.78 is 2.95. The lowest BCUT2D eigenvalue weighted by molar-refractivity contribution is 0.0746. The van der Waals surface area contributed by atoms with Gasteiger partial charge in [-0.05, 0) is 36.4 Å². The first kappa shape index (κ1) is 15.1. The Hall–Kier alpha value is -2.41. The first-order valence-corrected chi connectivity index (χ1v) is 8.61. The predicted molar refractivity (Wildman–Crippen MR) is 95.2 cm³/mol. The van der Waals surface area contributed by atoms with E-state index < -0.39 is 0 Å². The minimum Gasteiger partial charge on any atom is -0.337 e. The number of hydrogen-bond acceptors (Lipinski definition) is 4. The average Bonchev–Trinajstić information content (AvgIpc) is 3.06. The second-order valence-electron chi connectivity index (χ2n) is 5.71. The normalized spacial score (nSPS) is 15.0. The average molecular weight is 386 g/mol. The highest BCUT2D eigenvalue weighted by molar-refractivity contribution is 9.10. The van der Waals surface area contributed by atoms with Crippen LogP contribution in [-0.2, 0) is 0 Å². The Kier molecular flexibility index (Phi) is 3.93. The lowest BCUT2D eigenvalue weighted by atomic mass is 10.2. The number of nitrogens with zero attached hydrogens (tertiary/aromatic N) is 5. The molecule has 3 aromatic rings. The Morgan fingerprint density at radius 2 is 1.71 bits per heavy atom. The van der Waals surface area contributed by atoms with E-state index in [1.165, 1.54) is 0 Å². The lowest BCUT2D eigenvalue weighted by Gasteiger charge is -2.34. The molecule has 2 aromatic heterocycles. The number of anilines is 1. The highest BCUT2D eigenvalue weighted by Crippen LogP contribution is 2.17. The molecule has 1 saturated heterocycles. The summed E-state index contributed by atoms with van der Waals surface area (Å²) in [6.45, 7) is 2.85. The van der Waals surface area contributed by atoms with Crippen molar-refractivity contribution in [3.8, 4) is 0 Å². The smallest absolute Gasteiger partial charge is 0.253 e. The van der Waals surface area contributed by atoms with Crippen molar-refractivity contribution in [2.75, 3.05) is 31.1 Å². The number of hydrogen-bond donors (Lipinski definition) is 0. The highest BCUT2D eigenvalue weighted by Gasteiger charge is 2.24. The van der Waals surface area contributed by atoms with E-state index >= 15 is 0 Å². The number of aromatic nitrogens is 3. The fraction of sp³-hybridized carbons (Fsp3) is 0.235. The van der Waals surface area contributed by atoms with E-state index in [-0.39, 0.29) is 5.91 Å². The van der Waals surface area contributed by atoms with E-state index in [2.05, 4.69) is 31.0 Å². The van der Waals surface area contributed by atoms with Crippen molar-refractivity contribution in [2.24, 2.45) is 0 Å². The molecule has 1 aromatic carbocycles. The van der Waals surface area contributed by atoms with Crippen LogP contribution < -0.4 is 4.90 Å². The van der Waals surface area contributed by atoms with Crippen LogP contribution in [0.2, 0.25) is 0 Å². The van der Waals surface area contributed by atoms with Crippen molar-refractivity contribution < 1.29 is 4.79 Å². The van der Waals surface area contributed by atoms with Crippen molar-refractivity contribution in [3.05, 3.63) is 58.7 Å². The molecular weight excluding hydrogens is 370 g/mol. The zero-order valence-corrected chi connectivity index (χ0v) is 14.6. The van der Waals surface area contributed by atoms with Crippen molar-refractivity contribution in [1.29, 1.82) is 0 Å². The fourth-order valence-corrected chi connectivity index (χ4v) is 3.19. The van der Waals surface area contributed by atoms with Crippen LogP contribution >= 0.6 is 15.9 Å². The lowest BCUT2D eigenvalue weighted by Crippen LogP contribution is -2.49. The van der Waals surface area contributed by atoms with Gasteiger partial charge in [-0.15, -0.1) is 10.2 Å². The van der Waals surface area contributed by atoms with Gasteiger partial charge in [-0.1, -0.05) is 22.0 Å². The van der Waals surface area contributed by atoms with Crippen LogP contribution in [0.5, 0.6) is 0 Å². The number of piperazine rings is 1. The molecule has 0 N–H and O–H groups in total. The van der Waals surface area contributed by atoms with E-state index in [9.17, 15) is 4.79 Å². The molecule has 1 aliphatic heterocycles. The Labute approximate surface area is 147 Å². The van der Waals surface area contributed by atoms with Crippen molar-refractivity contribution in [1.82, 2.24) is 19.5 Å². The van der Waals surface area contributed by atoms with Crippen molar-refractivity contribution in [2.45, 2.75) is 0 Å². The van der Waals surface area contributed by atoms with Gasteiger partial charge in [-0.25, -0.2) is 0 Å². The third-order valence-electron chi connectivity index (χ3n) is 4.24. The maximum Gasteiger partial charge on any atom is 0.253 e. The molecule has 122 valence electrons. The van der Waals surface area contributed by atoms with Crippen LogP contribution in [0, 0.1) is 0 Å². The van der Waals surface area contributed by atoms with Gasteiger partial charge in [0.05, 0.1) is 0 Å². The van der Waals surface area contributed by atoms with Gasteiger partial charge in [-0.3, -0.25) is 9.20 Å². The molecule has 6 nitrogen and oxygen atoms in total. The SMILES string of the molecule is O=C(c1ccc(Br)cc1)N1CCN(c2nnc3ccccn23)CC1. The molecule has 0 saturated carbocycles. The van der Waals surface area contributed by atoms with Crippen molar-refractivity contribution in [3.63, 3.8) is 0 Å². The minimum atomic E-state index is 0.0771. The first-order chi connectivity index (χ1) is 11.7. The Morgan fingerprint density at radius 3 is 2.46 bits per heavy atom. The van der Waals surface area contributed by atoms with Gasteiger partial charge in [-0.2, -0.15) is 0 Å². The topological polar surface area (TPSA) is 53.7 Å². The third-order valence-corrected chi connectivity index (χ3v) is 4.77. The number of carbonyl (C=O) groups is 1. The molecule has 7 heteroatoms. The van der Waals surface area contributed by atoms with Gasteiger partial charge in [0.2, 0.25) is 5.95 Å². The number of amides is 1. The van der Waals surface area contributed by atoms with E-state index in [1.807, 2.05) is 58.0 Å². The van der Waals surface area contributed by atoms with Gasteiger partial charge < -0.3 is 9.80 Å². The van der Waals surface area contributed by atoms with Crippen LogP contribution in [0.4, 0.5) is 5.95 Å². The summed E-state index contributed by atoms with van der Waals surface area (Å²) in [5.74, 6) is 0.912. The molecule has 1 aliphatic rings. The number of pyridine rings is 1. The maximum atomic E-state index is 12.6. The molecule has 24 heavy (non-hydrogen) atoms. The molecule has 0 spiro atoms. The van der Waals surface area contributed by atoms with Gasteiger partial charge in [0.1, 0.15) is 0 Å². The fourth-order valence-electron chi connectivity index (χ4n) is 2.93. The zero-order chi connectivity index (χ0) is 16.5. The van der Waals surface area contributed by atoms with Crippen LogP contribution in [0.15, 0.2) is 53.1 Å². The number of carbonyl (C=O) groups excluding carboxylic acids is 1. The number of rotatable bonds is 2. The second kappa shape index (κ2) is 6.24. The third kappa shape index (κ3) is 2.75. The summed E-state index contributed by atoms with van der Waals surface area (Å²) >= 11 is 3.39. The van der Waals surface area contributed by atoms with E-state index in [4.69, 9.17) is 0 Å². The van der Waals surface area contributed by atoms with Crippen LogP contribution in [-0.4, -0.2) is 51.6 Å². The molecular formula is C17H16BrN5O. The van der Waals surface area contributed by atoms with E-state index in [1.54, 1.807) is 0 Å². The standard InChI is InChI=1S/C17H16BrN5O/c18-14-6-4-13(5-7-14)16(24)21-9-11-22(12-10-21)17-20-19-15-3-1-2-8-23(15)17/h1-8H,9-12H2. The predicted octanol–water partition coefficient (Wildman–Crippen LogP) is 2.45. The largest absolute Gasteiger partial charge is 0.337 e. The van der Waals surface area contributed by atoms with Gasteiger partial charge in [0.15, 0.2) is 5.65 Å². The summed E-state index contributed by atoms with van der Waals surface area (Å²) in [4.78, 5) is 16.6. The zero-order valence-electron chi connectivity index (χ0n) is 13.0. The maximum absolute atomic E-state index is 12.6. The Bertz CT molecular complexity index is 868. The molecule has 1 amide bonds. The van der Waals surface area contributed by atoms with Gasteiger partial charge >= 0.3 is 0 Å². The number of halogens is 1. The summed E-state index contributed by atoms with van der Waals surface area (Å²) in [6.07, 6.45) is 1.96. The van der Waals surface area contributed by atoms with Crippen LogP contribution in [0.1, 0.15) is 10.4 Å². The van der Waals surface area contributed by atoms with Crippen LogP contribution in [0.25, 0.3) is 5.65 Å². The summed E-state index contributed by atoms with van der Waals surface area (Å²) in [7, 11) is 0. The molecule has 0 unspecified atom stereocenters. The monoisotopic (exact) mass is 385 g/mol. The summed E-state index contributed by atoms with van der Waals surface area (Å²) in [5, 5.41) is 8.48. The number of benzene rings is 1. The molecule has 0 bridgehead atoms. The van der Waals surface area contributed by atoms with Crippen LogP contribution in [0.3, 0.4) is 0 Å². The summed E-state index contributed by atoms with van der Waals surface area (Å²) in [6, 6.07) is 13.3. The molecule has 0 atom stereocenters. The number of fused-ring (bicyclic) bond motifs is 1. The van der Waals surface area contributed by atoms with E-state index in [0.717, 1.165) is 34.7 Å². The van der Waals surface area contributed by atoms with E-state index in [0.29, 0.717) is 13.1 Å². The van der Waals surface area contributed by atoms with Gasteiger partial charge in [0.25, 0.3) is 5.91 Å². The Morgan fingerprint density at radius 1 is 0.958 bits per heavy atom. The van der Waals surface area contributed by atoms with Gasteiger partial charge in [0, 0.05) is 42.4 Å². The Balaban J connectivity index is 1.47. The molecule has 4 rings (SSSR count).